The Morgan fingerprint density at radius 2 is 1.39 bits per heavy atom. The van der Waals surface area contributed by atoms with E-state index in [2.05, 4.69) is 16.3 Å². The van der Waals surface area contributed by atoms with Gasteiger partial charge in [-0.25, -0.2) is 0 Å². The topological polar surface area (TPSA) is 85.4 Å². The molecule has 1 aliphatic rings. The first-order valence-corrected chi connectivity index (χ1v) is 13.7. The van der Waals surface area contributed by atoms with Gasteiger partial charge >= 0.3 is 0 Å². The van der Waals surface area contributed by atoms with Crippen LogP contribution in [0.5, 0.6) is 23.0 Å². The first kappa shape index (κ1) is 29.3. The molecule has 0 spiro atoms. The molecule has 3 rings (SSSR count). The Bertz CT molecular complexity index is 1030. The number of nitrogens with zero attached hydrogens (tertiary/aromatic N) is 3. The molecule has 2 aromatic carbocycles. The second-order valence-electron chi connectivity index (χ2n) is 10.1. The molecule has 1 fully saturated rings. The Kier molecular flexibility index (Phi) is 11.3. The van der Waals surface area contributed by atoms with Crippen molar-refractivity contribution < 1.29 is 18.9 Å². The smallest absolute Gasteiger partial charge is 0.161 e. The van der Waals surface area contributed by atoms with Crippen LogP contribution >= 0.6 is 0 Å². The maximum absolute atomic E-state index is 10.8. The second kappa shape index (κ2) is 14.6. The molecule has 2 aromatic rings. The molecule has 0 saturated heterocycles. The van der Waals surface area contributed by atoms with Crippen LogP contribution in [0.25, 0.3) is 0 Å². The highest BCUT2D eigenvalue weighted by atomic mass is 16.5. The first-order chi connectivity index (χ1) is 18.5. The normalized spacial score (nSPS) is 15.2. The van der Waals surface area contributed by atoms with Gasteiger partial charge in [0.05, 0.1) is 40.6 Å². The van der Waals surface area contributed by atoms with E-state index in [4.69, 9.17) is 18.9 Å². The SMILES string of the molecule is CN=NC(CCCC(C#N)(c1ccc(OC)c(OC)c1)c1ccc(OC)c(OC)c1)CCC1CCCCC1. The third-order valence-corrected chi connectivity index (χ3v) is 7.94. The lowest BCUT2D eigenvalue weighted by Crippen LogP contribution is -2.26. The van der Waals surface area contributed by atoms with E-state index in [9.17, 15) is 5.26 Å². The van der Waals surface area contributed by atoms with Crippen LogP contribution in [-0.4, -0.2) is 41.5 Å². The summed E-state index contributed by atoms with van der Waals surface area (Å²) in [5.74, 6) is 3.25. The summed E-state index contributed by atoms with van der Waals surface area (Å²) in [6.07, 6.45) is 11.3. The zero-order chi connectivity index (χ0) is 27.4. The molecule has 0 bridgehead atoms. The number of benzene rings is 2. The zero-order valence-corrected chi connectivity index (χ0v) is 23.7. The van der Waals surface area contributed by atoms with Gasteiger partial charge in [-0.3, -0.25) is 0 Å². The number of rotatable bonds is 14. The minimum atomic E-state index is -0.920. The number of ether oxygens (including phenoxy) is 4. The Balaban J connectivity index is 1.90. The summed E-state index contributed by atoms with van der Waals surface area (Å²) in [5.41, 5.74) is 0.776. The third kappa shape index (κ3) is 6.98. The molecule has 0 aliphatic heterocycles. The third-order valence-electron chi connectivity index (χ3n) is 7.94. The number of nitriles is 1. The van der Waals surface area contributed by atoms with Crippen LogP contribution in [0.4, 0.5) is 0 Å². The van der Waals surface area contributed by atoms with Crippen molar-refractivity contribution in [2.75, 3.05) is 35.5 Å². The van der Waals surface area contributed by atoms with Crippen LogP contribution in [-0.2, 0) is 5.41 Å². The van der Waals surface area contributed by atoms with Crippen molar-refractivity contribution in [1.82, 2.24) is 0 Å². The van der Waals surface area contributed by atoms with Crippen molar-refractivity contribution in [2.45, 2.75) is 75.7 Å². The van der Waals surface area contributed by atoms with E-state index >= 15 is 0 Å². The van der Waals surface area contributed by atoms with E-state index < -0.39 is 5.41 Å². The van der Waals surface area contributed by atoms with Crippen molar-refractivity contribution >= 4 is 0 Å². The van der Waals surface area contributed by atoms with Gasteiger partial charge in [0.25, 0.3) is 0 Å². The van der Waals surface area contributed by atoms with Crippen LogP contribution < -0.4 is 18.9 Å². The van der Waals surface area contributed by atoms with Gasteiger partial charge < -0.3 is 18.9 Å². The highest BCUT2D eigenvalue weighted by Gasteiger charge is 2.36. The summed E-state index contributed by atoms with van der Waals surface area (Å²) in [4.78, 5) is 0. The Morgan fingerprint density at radius 1 is 0.842 bits per heavy atom. The molecule has 0 heterocycles. The molecule has 0 N–H and O–H groups in total. The summed E-state index contributed by atoms with van der Waals surface area (Å²) in [5, 5.41) is 19.5. The zero-order valence-electron chi connectivity index (χ0n) is 23.7. The van der Waals surface area contributed by atoms with Crippen molar-refractivity contribution in [2.24, 2.45) is 16.1 Å². The lowest BCUT2D eigenvalue weighted by atomic mass is 9.71. The van der Waals surface area contributed by atoms with Crippen molar-refractivity contribution in [1.29, 1.82) is 5.26 Å². The molecular weight excluding hydrogens is 478 g/mol. The Morgan fingerprint density at radius 3 is 1.87 bits per heavy atom. The van der Waals surface area contributed by atoms with Crippen LogP contribution in [0, 0.1) is 17.2 Å². The maximum atomic E-state index is 10.8. The number of azo groups is 1. The molecule has 7 heteroatoms. The van der Waals surface area contributed by atoms with Crippen LogP contribution in [0.15, 0.2) is 46.6 Å². The molecule has 1 aliphatic carbocycles. The summed E-state index contributed by atoms with van der Waals surface area (Å²) in [6, 6.07) is 14.3. The molecule has 0 amide bonds. The molecular formula is C31H43N3O4. The van der Waals surface area contributed by atoms with Crippen LogP contribution in [0.1, 0.15) is 75.3 Å². The highest BCUT2D eigenvalue weighted by Crippen LogP contribution is 2.43. The number of methoxy groups -OCH3 is 4. The average molecular weight is 522 g/mol. The van der Waals surface area contributed by atoms with Gasteiger partial charge in [-0.15, -0.1) is 0 Å². The fraction of sp³-hybridized carbons (Fsp3) is 0.581. The predicted octanol–water partition coefficient (Wildman–Crippen LogP) is 7.51. The summed E-state index contributed by atoms with van der Waals surface area (Å²) in [7, 11) is 8.19. The lowest BCUT2D eigenvalue weighted by molar-refractivity contribution is 0.317. The Labute approximate surface area is 228 Å². The second-order valence-corrected chi connectivity index (χ2v) is 10.1. The molecule has 206 valence electrons. The van der Waals surface area contributed by atoms with Crippen molar-refractivity contribution in [3.05, 3.63) is 47.5 Å². The van der Waals surface area contributed by atoms with E-state index in [0.29, 0.717) is 29.4 Å². The highest BCUT2D eigenvalue weighted by molar-refractivity contribution is 5.55. The molecule has 7 nitrogen and oxygen atoms in total. The van der Waals surface area contributed by atoms with Crippen LogP contribution in [0.3, 0.4) is 0 Å². The molecule has 1 saturated carbocycles. The largest absolute Gasteiger partial charge is 0.493 e. The fourth-order valence-corrected chi connectivity index (χ4v) is 5.77. The van der Waals surface area contributed by atoms with Gasteiger partial charge in [0, 0.05) is 7.05 Å². The monoisotopic (exact) mass is 521 g/mol. The summed E-state index contributed by atoms with van der Waals surface area (Å²) >= 11 is 0. The number of hydrogen-bond donors (Lipinski definition) is 0. The van der Waals surface area contributed by atoms with Gasteiger partial charge in [0.1, 0.15) is 5.41 Å². The van der Waals surface area contributed by atoms with Crippen molar-refractivity contribution in [3.8, 4) is 29.1 Å². The quantitative estimate of drug-likeness (QED) is 0.240. The fourth-order valence-electron chi connectivity index (χ4n) is 5.77. The molecule has 1 unspecified atom stereocenters. The van der Waals surface area contributed by atoms with Gasteiger partial charge in [-0.2, -0.15) is 15.5 Å². The first-order valence-electron chi connectivity index (χ1n) is 13.7. The minimum Gasteiger partial charge on any atom is -0.493 e. The van der Waals surface area contributed by atoms with Gasteiger partial charge in [0.15, 0.2) is 23.0 Å². The standard InChI is InChI=1S/C31H43N3O4/c1-33-34-26(16-13-23-10-7-6-8-11-23)12-9-19-31(22-32,24-14-17-27(35-2)29(20-24)37-4)25-15-18-28(36-3)30(21-25)38-5/h14-15,17-18,20-21,23,26H,6-13,16,19H2,1-5H3. The van der Waals surface area contributed by atoms with Crippen molar-refractivity contribution in [3.63, 3.8) is 0 Å². The Hall–Kier alpha value is -3.27. The van der Waals surface area contributed by atoms with E-state index in [1.165, 1.54) is 38.5 Å². The predicted molar refractivity (Wildman–Crippen MR) is 150 cm³/mol. The molecule has 0 aromatic heterocycles. The molecule has 0 radical (unpaired) electrons. The number of hydrogen-bond acceptors (Lipinski definition) is 7. The van der Waals surface area contributed by atoms with E-state index in [-0.39, 0.29) is 6.04 Å². The van der Waals surface area contributed by atoms with E-state index in [0.717, 1.165) is 36.3 Å². The van der Waals surface area contributed by atoms with Gasteiger partial charge in [-0.1, -0.05) is 44.2 Å². The summed E-state index contributed by atoms with van der Waals surface area (Å²) in [6.45, 7) is 0. The van der Waals surface area contributed by atoms with E-state index in [1.54, 1.807) is 35.5 Å². The molecule has 1 atom stereocenters. The molecule has 38 heavy (non-hydrogen) atoms. The van der Waals surface area contributed by atoms with E-state index in [1.807, 2.05) is 36.4 Å². The maximum Gasteiger partial charge on any atom is 0.161 e. The van der Waals surface area contributed by atoms with Gasteiger partial charge in [-0.05, 0) is 73.4 Å². The lowest BCUT2D eigenvalue weighted by Gasteiger charge is -2.30. The summed E-state index contributed by atoms with van der Waals surface area (Å²) < 4.78 is 22.1. The van der Waals surface area contributed by atoms with Crippen LogP contribution in [0.2, 0.25) is 0 Å². The minimum absolute atomic E-state index is 0.175. The van der Waals surface area contributed by atoms with Gasteiger partial charge in [0.2, 0.25) is 0 Å². The average Bonchev–Trinajstić information content (AvgIpc) is 2.98.